The summed E-state index contributed by atoms with van der Waals surface area (Å²) in [6, 6.07) is 6.54. The zero-order valence-electron chi connectivity index (χ0n) is 12.1. The highest BCUT2D eigenvalue weighted by atomic mass is 19.1. The van der Waals surface area contributed by atoms with E-state index < -0.39 is 0 Å². The van der Waals surface area contributed by atoms with Crippen LogP contribution in [-0.2, 0) is 9.47 Å². The van der Waals surface area contributed by atoms with Crippen LogP contribution in [0.5, 0.6) is 0 Å². The number of nitrogens with one attached hydrogen (secondary N) is 1. The Labute approximate surface area is 120 Å². The zero-order valence-corrected chi connectivity index (χ0v) is 12.1. The molecule has 20 heavy (non-hydrogen) atoms. The summed E-state index contributed by atoms with van der Waals surface area (Å²) < 4.78 is 24.7. The fraction of sp³-hybridized carbons (Fsp3) is 0.625. The van der Waals surface area contributed by atoms with Crippen molar-refractivity contribution >= 4 is 0 Å². The van der Waals surface area contributed by atoms with Gasteiger partial charge in [0.25, 0.3) is 0 Å². The average molecular weight is 281 g/mol. The van der Waals surface area contributed by atoms with Gasteiger partial charge in [-0.25, -0.2) is 4.39 Å². The number of likely N-dealkylation sites (N-methyl/N-ethyl adjacent to an activating group) is 1. The lowest BCUT2D eigenvalue weighted by Crippen LogP contribution is -2.29. The van der Waals surface area contributed by atoms with E-state index >= 15 is 0 Å². The third-order valence-electron chi connectivity index (χ3n) is 3.58. The number of ether oxygens (including phenoxy) is 2. The maximum Gasteiger partial charge on any atom is 0.123 e. The minimum atomic E-state index is -0.216. The van der Waals surface area contributed by atoms with E-state index in [1.54, 1.807) is 12.1 Å². The van der Waals surface area contributed by atoms with Crippen LogP contribution in [0.15, 0.2) is 24.3 Å². The molecule has 1 fully saturated rings. The second-order valence-corrected chi connectivity index (χ2v) is 5.17. The molecule has 1 N–H and O–H groups in total. The summed E-state index contributed by atoms with van der Waals surface area (Å²) in [7, 11) is 0. The average Bonchev–Trinajstić information content (AvgIpc) is 2.50. The Kier molecular flexibility index (Phi) is 6.43. The molecule has 1 aromatic rings. The molecule has 4 heteroatoms. The third-order valence-corrected chi connectivity index (χ3v) is 3.58. The number of benzene rings is 1. The van der Waals surface area contributed by atoms with Crippen molar-refractivity contribution in [3.63, 3.8) is 0 Å². The molecule has 1 aliphatic heterocycles. The molecule has 2 unspecified atom stereocenters. The quantitative estimate of drug-likeness (QED) is 0.833. The molecule has 0 aromatic heterocycles. The van der Waals surface area contributed by atoms with E-state index in [9.17, 15) is 4.39 Å². The van der Waals surface area contributed by atoms with Crippen LogP contribution in [0.3, 0.4) is 0 Å². The molecular formula is C16H24FNO2. The zero-order chi connectivity index (χ0) is 14.2. The molecule has 1 saturated heterocycles. The van der Waals surface area contributed by atoms with Gasteiger partial charge in [-0.15, -0.1) is 0 Å². The summed E-state index contributed by atoms with van der Waals surface area (Å²) >= 11 is 0. The van der Waals surface area contributed by atoms with Crippen LogP contribution >= 0.6 is 0 Å². The number of rotatable bonds is 7. The van der Waals surface area contributed by atoms with Gasteiger partial charge < -0.3 is 14.8 Å². The van der Waals surface area contributed by atoms with Crippen molar-refractivity contribution in [3.05, 3.63) is 35.6 Å². The van der Waals surface area contributed by atoms with Gasteiger partial charge in [0.15, 0.2) is 0 Å². The van der Waals surface area contributed by atoms with Gasteiger partial charge in [-0.05, 0) is 43.5 Å². The van der Waals surface area contributed by atoms with Crippen molar-refractivity contribution in [3.8, 4) is 0 Å². The van der Waals surface area contributed by atoms with Crippen molar-refractivity contribution in [2.75, 3.05) is 26.3 Å². The fourth-order valence-electron chi connectivity index (χ4n) is 2.39. The van der Waals surface area contributed by atoms with E-state index in [4.69, 9.17) is 9.47 Å². The lowest BCUT2D eigenvalue weighted by Gasteiger charge is -2.26. The summed E-state index contributed by atoms with van der Waals surface area (Å²) in [5.41, 5.74) is 1.00. The Morgan fingerprint density at radius 3 is 2.80 bits per heavy atom. The summed E-state index contributed by atoms with van der Waals surface area (Å²) in [6.45, 7) is 5.12. The molecular weight excluding hydrogens is 257 g/mol. The van der Waals surface area contributed by atoms with Gasteiger partial charge >= 0.3 is 0 Å². The normalized spacial score (nSPS) is 20.8. The van der Waals surface area contributed by atoms with Crippen LogP contribution in [0.25, 0.3) is 0 Å². The van der Waals surface area contributed by atoms with E-state index in [-0.39, 0.29) is 18.0 Å². The molecule has 0 amide bonds. The molecule has 2 rings (SSSR count). The number of hydrogen-bond acceptors (Lipinski definition) is 3. The predicted octanol–water partition coefficient (Wildman–Crippen LogP) is 3.06. The van der Waals surface area contributed by atoms with E-state index in [0.717, 1.165) is 38.1 Å². The monoisotopic (exact) mass is 281 g/mol. The van der Waals surface area contributed by atoms with Crippen LogP contribution in [0.2, 0.25) is 0 Å². The molecule has 0 aliphatic carbocycles. The van der Waals surface area contributed by atoms with Gasteiger partial charge in [-0.3, -0.25) is 0 Å². The highest BCUT2D eigenvalue weighted by molar-refractivity contribution is 5.19. The van der Waals surface area contributed by atoms with Crippen molar-refractivity contribution < 1.29 is 13.9 Å². The largest absolute Gasteiger partial charge is 0.376 e. The van der Waals surface area contributed by atoms with Crippen LogP contribution in [0.1, 0.15) is 37.9 Å². The Balaban J connectivity index is 1.90. The number of hydrogen-bond donors (Lipinski definition) is 1. The minimum Gasteiger partial charge on any atom is -0.376 e. The van der Waals surface area contributed by atoms with Crippen LogP contribution in [-0.4, -0.2) is 32.4 Å². The lowest BCUT2D eigenvalue weighted by atomic mass is 10.1. The van der Waals surface area contributed by atoms with Gasteiger partial charge in [0.2, 0.25) is 0 Å². The van der Waals surface area contributed by atoms with Crippen molar-refractivity contribution in [1.29, 1.82) is 0 Å². The standard InChI is InChI=1S/C16H24FNO2/c1-2-18-11-16(13-6-8-14(17)9-7-13)20-12-15-5-3-4-10-19-15/h6-9,15-16,18H,2-5,10-12H2,1H3. The molecule has 0 bridgehead atoms. The second kappa shape index (κ2) is 8.35. The summed E-state index contributed by atoms with van der Waals surface area (Å²) in [5.74, 6) is -0.216. The first kappa shape index (κ1) is 15.4. The Bertz CT molecular complexity index is 377. The molecule has 3 nitrogen and oxygen atoms in total. The van der Waals surface area contributed by atoms with Crippen molar-refractivity contribution in [1.82, 2.24) is 5.32 Å². The maximum absolute atomic E-state index is 13.0. The SMILES string of the molecule is CCNCC(OCC1CCCCO1)c1ccc(F)cc1. The molecule has 0 radical (unpaired) electrons. The van der Waals surface area contributed by atoms with Crippen LogP contribution < -0.4 is 5.32 Å². The van der Waals surface area contributed by atoms with E-state index in [0.29, 0.717) is 6.61 Å². The van der Waals surface area contributed by atoms with E-state index in [1.807, 2.05) is 0 Å². The molecule has 2 atom stereocenters. The predicted molar refractivity (Wildman–Crippen MR) is 77.2 cm³/mol. The van der Waals surface area contributed by atoms with Gasteiger partial charge in [0.05, 0.1) is 18.8 Å². The first-order chi connectivity index (χ1) is 9.79. The fourth-order valence-corrected chi connectivity index (χ4v) is 2.39. The van der Waals surface area contributed by atoms with Crippen molar-refractivity contribution in [2.24, 2.45) is 0 Å². The summed E-state index contributed by atoms with van der Waals surface area (Å²) in [4.78, 5) is 0. The molecule has 1 heterocycles. The Hall–Kier alpha value is -0.970. The third kappa shape index (κ3) is 4.85. The topological polar surface area (TPSA) is 30.5 Å². The molecule has 1 aliphatic rings. The van der Waals surface area contributed by atoms with Gasteiger partial charge in [0, 0.05) is 13.2 Å². The Morgan fingerprint density at radius 2 is 2.15 bits per heavy atom. The molecule has 112 valence electrons. The molecule has 1 aromatic carbocycles. The summed E-state index contributed by atoms with van der Waals surface area (Å²) in [6.07, 6.45) is 3.57. The number of halogens is 1. The highest BCUT2D eigenvalue weighted by Crippen LogP contribution is 2.20. The van der Waals surface area contributed by atoms with Gasteiger partial charge in [-0.1, -0.05) is 19.1 Å². The van der Waals surface area contributed by atoms with E-state index in [2.05, 4.69) is 12.2 Å². The second-order valence-electron chi connectivity index (χ2n) is 5.17. The summed E-state index contributed by atoms with van der Waals surface area (Å²) in [5, 5.41) is 3.29. The Morgan fingerprint density at radius 1 is 1.35 bits per heavy atom. The van der Waals surface area contributed by atoms with Gasteiger partial charge in [0.1, 0.15) is 5.82 Å². The lowest BCUT2D eigenvalue weighted by molar-refractivity contribution is -0.0632. The molecule has 0 spiro atoms. The van der Waals surface area contributed by atoms with Crippen LogP contribution in [0.4, 0.5) is 4.39 Å². The minimum absolute atomic E-state index is 0.0546. The smallest absolute Gasteiger partial charge is 0.123 e. The van der Waals surface area contributed by atoms with Gasteiger partial charge in [-0.2, -0.15) is 0 Å². The van der Waals surface area contributed by atoms with Crippen LogP contribution in [0, 0.1) is 5.82 Å². The molecule has 0 saturated carbocycles. The first-order valence-corrected chi connectivity index (χ1v) is 7.49. The maximum atomic E-state index is 13.0. The first-order valence-electron chi connectivity index (χ1n) is 7.49. The van der Waals surface area contributed by atoms with Crippen molar-refractivity contribution in [2.45, 2.75) is 38.4 Å². The highest BCUT2D eigenvalue weighted by Gasteiger charge is 2.18. The van der Waals surface area contributed by atoms with E-state index in [1.165, 1.54) is 18.6 Å².